The van der Waals surface area contributed by atoms with Crippen LogP contribution in [0.1, 0.15) is 40.2 Å². The van der Waals surface area contributed by atoms with E-state index in [1.165, 1.54) is 16.8 Å². The van der Waals surface area contributed by atoms with Crippen molar-refractivity contribution in [3.63, 3.8) is 0 Å². The molecule has 0 atom stereocenters. The molecule has 136 valence electrons. The van der Waals surface area contributed by atoms with Crippen LogP contribution in [0.15, 0.2) is 51.9 Å². The molecule has 1 aromatic carbocycles. The lowest BCUT2D eigenvalue weighted by Crippen LogP contribution is -2.21. The molecule has 0 aromatic heterocycles. The highest BCUT2D eigenvalue weighted by molar-refractivity contribution is 5.98. The van der Waals surface area contributed by atoms with E-state index in [4.69, 9.17) is 4.42 Å². The molecule has 0 saturated carbocycles. The molecule has 0 radical (unpaired) electrons. The van der Waals surface area contributed by atoms with E-state index < -0.39 is 0 Å². The lowest BCUT2D eigenvalue weighted by Gasteiger charge is -2.22. The lowest BCUT2D eigenvalue weighted by atomic mass is 9.94. The van der Waals surface area contributed by atoms with E-state index in [1.807, 2.05) is 6.92 Å². The third kappa shape index (κ3) is 3.26. The molecule has 1 aliphatic heterocycles. The van der Waals surface area contributed by atoms with Crippen molar-refractivity contribution in [2.24, 2.45) is 4.99 Å². The van der Waals surface area contributed by atoms with E-state index in [0.717, 1.165) is 47.3 Å². The zero-order valence-corrected chi connectivity index (χ0v) is 16.5. The number of anilines is 1. The van der Waals surface area contributed by atoms with Crippen LogP contribution in [0, 0.1) is 0 Å². The molecule has 0 N–H and O–H groups in total. The number of rotatable bonds is 5. The second-order valence-corrected chi connectivity index (χ2v) is 6.46. The first kappa shape index (κ1) is 18.2. The maximum atomic E-state index is 6.33. The molecular weight excluding hydrogens is 320 g/mol. The van der Waals surface area contributed by atoms with E-state index in [1.54, 1.807) is 0 Å². The second kappa shape index (κ2) is 7.77. The van der Waals surface area contributed by atoms with Crippen molar-refractivity contribution in [2.75, 3.05) is 24.5 Å². The van der Waals surface area contributed by atoms with Gasteiger partial charge >= 0.3 is 0 Å². The number of benzene rings is 2. The van der Waals surface area contributed by atoms with Gasteiger partial charge in [0, 0.05) is 48.4 Å². The Morgan fingerprint density at radius 2 is 1.85 bits per heavy atom. The van der Waals surface area contributed by atoms with Crippen molar-refractivity contribution in [2.45, 2.75) is 34.6 Å². The molecule has 1 aromatic rings. The summed E-state index contributed by atoms with van der Waals surface area (Å²) in [6.07, 6.45) is 2.16. The Morgan fingerprint density at radius 3 is 2.50 bits per heavy atom. The number of nitrogens with zero attached hydrogens (tertiary/aromatic N) is 2. The molecule has 1 aliphatic carbocycles. The Bertz CT molecular complexity index is 977. The SMILES string of the molecule is C/C=C(\C)c1c2ccc(=NCC)cc-2oc2cc(N(CC)CC)ccc12. The smallest absolute Gasteiger partial charge is 0.137 e. The summed E-state index contributed by atoms with van der Waals surface area (Å²) in [6, 6.07) is 12.8. The highest BCUT2D eigenvalue weighted by atomic mass is 16.3. The molecule has 1 heterocycles. The number of hydrogen-bond donors (Lipinski definition) is 0. The van der Waals surface area contributed by atoms with Crippen molar-refractivity contribution in [1.29, 1.82) is 0 Å². The summed E-state index contributed by atoms with van der Waals surface area (Å²) in [4.78, 5) is 6.86. The summed E-state index contributed by atoms with van der Waals surface area (Å²) in [7, 11) is 0. The summed E-state index contributed by atoms with van der Waals surface area (Å²) in [5.41, 5.74) is 5.76. The zero-order chi connectivity index (χ0) is 18.7. The maximum Gasteiger partial charge on any atom is 0.137 e. The number of hydrogen-bond acceptors (Lipinski definition) is 3. The summed E-state index contributed by atoms with van der Waals surface area (Å²) in [5, 5.41) is 2.12. The van der Waals surface area contributed by atoms with Gasteiger partial charge in [0.05, 0.1) is 5.36 Å². The van der Waals surface area contributed by atoms with Gasteiger partial charge in [-0.25, -0.2) is 0 Å². The van der Waals surface area contributed by atoms with Crippen LogP contribution >= 0.6 is 0 Å². The Morgan fingerprint density at radius 1 is 1.08 bits per heavy atom. The zero-order valence-electron chi connectivity index (χ0n) is 16.5. The Kier molecular flexibility index (Phi) is 5.46. The van der Waals surface area contributed by atoms with Crippen LogP contribution in [-0.2, 0) is 0 Å². The second-order valence-electron chi connectivity index (χ2n) is 6.46. The molecule has 0 spiro atoms. The average molecular weight is 348 g/mol. The van der Waals surface area contributed by atoms with Gasteiger partial charge in [-0.15, -0.1) is 0 Å². The minimum atomic E-state index is 0.770. The first-order chi connectivity index (χ1) is 12.6. The monoisotopic (exact) mass is 348 g/mol. The van der Waals surface area contributed by atoms with E-state index in [-0.39, 0.29) is 0 Å². The van der Waals surface area contributed by atoms with Crippen LogP contribution in [0.25, 0.3) is 27.9 Å². The van der Waals surface area contributed by atoms with Crippen LogP contribution in [0.4, 0.5) is 5.69 Å². The molecule has 0 saturated heterocycles. The van der Waals surface area contributed by atoms with Gasteiger partial charge in [0.2, 0.25) is 0 Å². The fourth-order valence-corrected chi connectivity index (χ4v) is 3.50. The highest BCUT2D eigenvalue weighted by Crippen LogP contribution is 2.38. The van der Waals surface area contributed by atoms with Crippen LogP contribution in [0.2, 0.25) is 0 Å². The van der Waals surface area contributed by atoms with Crippen LogP contribution in [0.5, 0.6) is 0 Å². The Labute approximate surface area is 156 Å². The largest absolute Gasteiger partial charge is 0.456 e. The summed E-state index contributed by atoms with van der Waals surface area (Å²) in [5.74, 6) is 0.889. The Hall–Kier alpha value is -2.55. The molecule has 0 unspecified atom stereocenters. The first-order valence-electron chi connectivity index (χ1n) is 9.52. The Balaban J connectivity index is 2.36. The van der Waals surface area contributed by atoms with E-state index >= 15 is 0 Å². The van der Waals surface area contributed by atoms with Crippen LogP contribution in [-0.4, -0.2) is 19.6 Å². The molecule has 3 heteroatoms. The van der Waals surface area contributed by atoms with Gasteiger partial charge in [-0.1, -0.05) is 6.08 Å². The molecular formula is C23H28N2O. The van der Waals surface area contributed by atoms with Gasteiger partial charge in [-0.05, 0) is 70.0 Å². The third-order valence-electron chi connectivity index (χ3n) is 4.99. The average Bonchev–Trinajstić information content (AvgIpc) is 2.66. The quantitative estimate of drug-likeness (QED) is 0.551. The van der Waals surface area contributed by atoms with Gasteiger partial charge in [-0.2, -0.15) is 0 Å². The molecule has 3 rings (SSSR count). The molecule has 0 amide bonds. The van der Waals surface area contributed by atoms with Gasteiger partial charge < -0.3 is 9.32 Å². The number of fused-ring (bicyclic) bond motifs is 2. The fraction of sp³-hybridized carbons (Fsp3) is 0.348. The molecule has 0 fully saturated rings. The third-order valence-corrected chi connectivity index (χ3v) is 4.99. The van der Waals surface area contributed by atoms with Crippen LogP contribution < -0.4 is 10.3 Å². The van der Waals surface area contributed by atoms with Crippen molar-refractivity contribution >= 4 is 22.2 Å². The lowest BCUT2D eigenvalue weighted by molar-refractivity contribution is 0.617. The minimum Gasteiger partial charge on any atom is -0.456 e. The van der Waals surface area contributed by atoms with Gasteiger partial charge in [-0.3, -0.25) is 4.99 Å². The topological polar surface area (TPSA) is 28.7 Å². The molecule has 2 aliphatic rings. The maximum absolute atomic E-state index is 6.33. The van der Waals surface area contributed by atoms with Gasteiger partial charge in [0.15, 0.2) is 0 Å². The summed E-state index contributed by atoms with van der Waals surface area (Å²) < 4.78 is 6.33. The van der Waals surface area contributed by atoms with Crippen molar-refractivity contribution in [3.05, 3.63) is 53.4 Å². The van der Waals surface area contributed by atoms with Crippen LogP contribution in [0.3, 0.4) is 0 Å². The predicted octanol–water partition coefficient (Wildman–Crippen LogP) is 5.73. The highest BCUT2D eigenvalue weighted by Gasteiger charge is 2.17. The van der Waals surface area contributed by atoms with Gasteiger partial charge in [0.1, 0.15) is 11.3 Å². The van der Waals surface area contributed by atoms with Crippen molar-refractivity contribution < 1.29 is 4.42 Å². The molecule has 26 heavy (non-hydrogen) atoms. The predicted molar refractivity (Wildman–Crippen MR) is 112 cm³/mol. The standard InChI is InChI=1S/C23H28N2O/c1-6-16(5)23-19-12-10-17(24-7-2)14-21(19)26-22-15-18(11-13-20(22)23)25(8-3)9-4/h6,10-15H,7-9H2,1-5H3/b16-6+,24-17?. The molecule has 0 bridgehead atoms. The van der Waals surface area contributed by atoms with Crippen molar-refractivity contribution in [3.8, 4) is 11.3 Å². The van der Waals surface area contributed by atoms with Gasteiger partial charge in [0.25, 0.3) is 0 Å². The summed E-state index contributed by atoms with van der Waals surface area (Å²) in [6.45, 7) is 13.4. The van der Waals surface area contributed by atoms with E-state index in [2.05, 4.69) is 80.1 Å². The molecule has 3 nitrogen and oxygen atoms in total. The normalized spacial score (nSPS) is 13.0. The number of allylic oxidation sites excluding steroid dienone is 2. The fourth-order valence-electron chi connectivity index (χ4n) is 3.50. The van der Waals surface area contributed by atoms with Crippen molar-refractivity contribution in [1.82, 2.24) is 0 Å². The summed E-state index contributed by atoms with van der Waals surface area (Å²) >= 11 is 0. The first-order valence-corrected chi connectivity index (χ1v) is 9.52. The minimum absolute atomic E-state index is 0.770. The van der Waals surface area contributed by atoms with E-state index in [0.29, 0.717) is 0 Å². The van der Waals surface area contributed by atoms with E-state index in [9.17, 15) is 0 Å².